The smallest absolute Gasteiger partial charge is 0.379 e. The molecule has 1 aromatic rings. The van der Waals surface area contributed by atoms with Gasteiger partial charge in [0.1, 0.15) is 0 Å². The number of hydrogen-bond acceptors (Lipinski definition) is 3. The molecular formula is C10H13F3O3Si. The van der Waals surface area contributed by atoms with Crippen molar-refractivity contribution in [1.82, 2.24) is 0 Å². The van der Waals surface area contributed by atoms with Crippen LogP contribution in [-0.4, -0.2) is 26.5 Å². The molecule has 2 N–H and O–H groups in total. The number of aliphatic hydroxyl groups excluding tert-OH is 1. The fraction of sp³-hybridized carbons (Fsp3) is 0.400. The third-order valence-electron chi connectivity index (χ3n) is 2.16. The second kappa shape index (κ2) is 6.15. The van der Waals surface area contributed by atoms with Gasteiger partial charge in [0.15, 0.2) is 9.76 Å². The molecule has 0 heterocycles. The van der Waals surface area contributed by atoms with E-state index in [2.05, 4.69) is 4.43 Å². The van der Waals surface area contributed by atoms with Gasteiger partial charge in [0.25, 0.3) is 6.48 Å². The largest absolute Gasteiger partial charge is 0.416 e. The molecule has 17 heavy (non-hydrogen) atoms. The van der Waals surface area contributed by atoms with Gasteiger partial charge in [-0.05, 0) is 30.2 Å². The van der Waals surface area contributed by atoms with Crippen molar-refractivity contribution in [1.29, 1.82) is 0 Å². The van der Waals surface area contributed by atoms with Crippen molar-refractivity contribution in [2.45, 2.75) is 25.1 Å². The van der Waals surface area contributed by atoms with Crippen LogP contribution in [0.4, 0.5) is 13.2 Å². The molecule has 0 fully saturated rings. The van der Waals surface area contributed by atoms with Crippen LogP contribution in [0.1, 0.15) is 11.1 Å². The van der Waals surface area contributed by atoms with Crippen molar-refractivity contribution in [2.24, 2.45) is 0 Å². The molecule has 0 aliphatic rings. The van der Waals surface area contributed by atoms with E-state index in [1.165, 1.54) is 12.1 Å². The lowest BCUT2D eigenvalue weighted by Gasteiger charge is -2.08. The summed E-state index contributed by atoms with van der Waals surface area (Å²) in [5.41, 5.74) is 0.113. The summed E-state index contributed by atoms with van der Waals surface area (Å²) in [4.78, 5) is 0. The maximum atomic E-state index is 12.2. The average molecular weight is 266 g/mol. The fourth-order valence-corrected chi connectivity index (χ4v) is 2.26. The number of hydrogen-bond donors (Lipinski definition) is 2. The number of halogens is 3. The Morgan fingerprint density at radius 2 is 1.76 bits per heavy atom. The van der Waals surface area contributed by atoms with Gasteiger partial charge >= 0.3 is 6.18 Å². The van der Waals surface area contributed by atoms with Crippen LogP contribution in [0.5, 0.6) is 0 Å². The first-order valence-corrected chi connectivity index (χ1v) is 6.61. The molecule has 0 bridgehead atoms. The highest BCUT2D eigenvalue weighted by Gasteiger charge is 2.29. The van der Waals surface area contributed by atoms with E-state index >= 15 is 0 Å². The Balaban J connectivity index is 2.41. The third-order valence-corrected chi connectivity index (χ3v) is 3.33. The number of rotatable bonds is 5. The molecule has 0 spiro atoms. The Bertz CT molecular complexity index is 338. The second-order valence-electron chi connectivity index (χ2n) is 3.50. The van der Waals surface area contributed by atoms with Crippen molar-refractivity contribution in [3.8, 4) is 0 Å². The first-order chi connectivity index (χ1) is 7.89. The van der Waals surface area contributed by atoms with Crippen LogP contribution < -0.4 is 0 Å². The molecule has 0 unspecified atom stereocenters. The molecule has 7 heteroatoms. The van der Waals surface area contributed by atoms with Crippen LogP contribution in [0, 0.1) is 0 Å². The third kappa shape index (κ3) is 5.31. The van der Waals surface area contributed by atoms with Gasteiger partial charge in [-0.3, -0.25) is 0 Å². The Kier molecular flexibility index (Phi) is 5.13. The van der Waals surface area contributed by atoms with Crippen molar-refractivity contribution >= 4 is 9.76 Å². The second-order valence-corrected chi connectivity index (χ2v) is 4.94. The molecule has 1 rings (SSSR count). The first-order valence-electron chi connectivity index (χ1n) is 5.03. The number of aliphatic hydroxyl groups is 2. The summed E-state index contributed by atoms with van der Waals surface area (Å²) >= 11 is 0. The Hall–Kier alpha value is -0.893. The topological polar surface area (TPSA) is 49.7 Å². The Labute approximate surface area is 98.8 Å². The van der Waals surface area contributed by atoms with Crippen LogP contribution in [-0.2, 0) is 17.0 Å². The predicted octanol–water partition coefficient (Wildman–Crippen LogP) is 1.03. The zero-order valence-electron chi connectivity index (χ0n) is 8.94. The molecule has 0 radical (unpaired) electrons. The first kappa shape index (κ1) is 14.2. The van der Waals surface area contributed by atoms with Gasteiger partial charge in [-0.1, -0.05) is 12.1 Å². The van der Waals surface area contributed by atoms with Gasteiger partial charge < -0.3 is 14.6 Å². The summed E-state index contributed by atoms with van der Waals surface area (Å²) in [6.07, 6.45) is -3.73. The van der Waals surface area contributed by atoms with Crippen LogP contribution in [0.15, 0.2) is 24.3 Å². The molecular weight excluding hydrogens is 253 g/mol. The minimum atomic E-state index is -4.31. The molecule has 3 nitrogen and oxygen atoms in total. The van der Waals surface area contributed by atoms with E-state index in [-0.39, 0.29) is 0 Å². The molecule has 0 amide bonds. The lowest BCUT2D eigenvalue weighted by Crippen LogP contribution is -2.13. The molecule has 0 saturated heterocycles. The van der Waals surface area contributed by atoms with E-state index in [1.54, 1.807) is 0 Å². The van der Waals surface area contributed by atoms with Crippen LogP contribution in [0.2, 0.25) is 6.04 Å². The Morgan fingerprint density at radius 3 is 2.24 bits per heavy atom. The SMILES string of the molecule is OC(O)O[SiH2]CCc1ccc(C(F)(F)F)cc1. The van der Waals surface area contributed by atoms with Crippen LogP contribution >= 0.6 is 0 Å². The maximum absolute atomic E-state index is 12.2. The van der Waals surface area contributed by atoms with Gasteiger partial charge in [-0.15, -0.1) is 0 Å². The summed E-state index contributed by atoms with van der Waals surface area (Å²) in [6.45, 7) is -1.74. The molecule has 96 valence electrons. The maximum Gasteiger partial charge on any atom is 0.416 e. The quantitative estimate of drug-likeness (QED) is 0.475. The summed E-state index contributed by atoms with van der Waals surface area (Å²) in [5.74, 6) is 0. The van der Waals surface area contributed by atoms with E-state index < -0.39 is 28.0 Å². The summed E-state index contributed by atoms with van der Waals surface area (Å²) in [6, 6.07) is 5.57. The monoisotopic (exact) mass is 266 g/mol. The van der Waals surface area contributed by atoms with Crippen molar-refractivity contribution < 1.29 is 27.8 Å². The van der Waals surface area contributed by atoms with Crippen LogP contribution in [0.25, 0.3) is 0 Å². The fourth-order valence-electron chi connectivity index (χ4n) is 1.33. The molecule has 0 saturated carbocycles. The average Bonchev–Trinajstić information content (AvgIpc) is 2.23. The van der Waals surface area contributed by atoms with E-state index in [4.69, 9.17) is 10.2 Å². The highest BCUT2D eigenvalue weighted by atomic mass is 28.2. The van der Waals surface area contributed by atoms with E-state index in [0.717, 1.165) is 17.7 Å². The van der Waals surface area contributed by atoms with E-state index in [9.17, 15) is 13.2 Å². The zero-order valence-corrected chi connectivity index (χ0v) is 10.4. The molecule has 0 atom stereocenters. The van der Waals surface area contributed by atoms with Crippen molar-refractivity contribution in [3.63, 3.8) is 0 Å². The van der Waals surface area contributed by atoms with Gasteiger partial charge in [-0.25, -0.2) is 0 Å². The van der Waals surface area contributed by atoms with Crippen molar-refractivity contribution in [2.75, 3.05) is 0 Å². The summed E-state index contributed by atoms with van der Waals surface area (Å²) < 4.78 is 41.4. The molecule has 0 aromatic heterocycles. The van der Waals surface area contributed by atoms with Crippen molar-refractivity contribution in [3.05, 3.63) is 35.4 Å². The van der Waals surface area contributed by atoms with Gasteiger partial charge in [-0.2, -0.15) is 13.2 Å². The van der Waals surface area contributed by atoms with E-state index in [0.29, 0.717) is 12.5 Å². The van der Waals surface area contributed by atoms with Gasteiger partial charge in [0.2, 0.25) is 0 Å². The number of alkyl halides is 3. The molecule has 1 aromatic carbocycles. The Morgan fingerprint density at radius 1 is 1.18 bits per heavy atom. The molecule has 0 aliphatic carbocycles. The lowest BCUT2D eigenvalue weighted by molar-refractivity contribution is -0.180. The standard InChI is InChI=1S/C10H13F3O3Si/c11-10(12,13)8-3-1-7(2-4-8)5-6-17-16-9(14)15/h1-4,9,14-15H,5-6,17H2. The minimum absolute atomic E-state index is 0.580. The molecule has 0 aliphatic heterocycles. The zero-order chi connectivity index (χ0) is 12.9. The van der Waals surface area contributed by atoms with Crippen LogP contribution in [0.3, 0.4) is 0 Å². The van der Waals surface area contributed by atoms with Gasteiger partial charge in [0, 0.05) is 0 Å². The normalized spacial score (nSPS) is 12.8. The van der Waals surface area contributed by atoms with E-state index in [1.807, 2.05) is 0 Å². The lowest BCUT2D eigenvalue weighted by atomic mass is 10.1. The number of benzene rings is 1. The highest BCUT2D eigenvalue weighted by Crippen LogP contribution is 2.29. The number of aryl methyl sites for hydroxylation is 1. The minimum Gasteiger partial charge on any atom is -0.379 e. The predicted molar refractivity (Wildman–Crippen MR) is 57.8 cm³/mol. The highest BCUT2D eigenvalue weighted by molar-refractivity contribution is 6.27. The van der Waals surface area contributed by atoms with Gasteiger partial charge in [0.05, 0.1) is 5.56 Å². The summed E-state index contributed by atoms with van der Waals surface area (Å²) in [7, 11) is -1.04. The summed E-state index contributed by atoms with van der Waals surface area (Å²) in [5, 5.41) is 16.8.